The van der Waals surface area contributed by atoms with Crippen LogP contribution in [0.25, 0.3) is 11.5 Å². The number of anilines is 1. The van der Waals surface area contributed by atoms with Crippen molar-refractivity contribution in [3.05, 3.63) is 29.5 Å². The molecular weight excluding hydrogens is 324 g/mol. The molecule has 1 saturated heterocycles. The van der Waals surface area contributed by atoms with Crippen LogP contribution in [-0.2, 0) is 9.53 Å². The Balaban J connectivity index is 1.76. The predicted octanol–water partition coefficient (Wildman–Crippen LogP) is 1.85. The van der Waals surface area contributed by atoms with E-state index in [0.29, 0.717) is 28.7 Å². The molecule has 120 valence electrons. The highest BCUT2D eigenvalue weighted by atomic mass is 35.5. The minimum Gasteiger partial charge on any atom is -0.442 e. The number of ether oxygens (including phenoxy) is 1. The highest BCUT2D eigenvalue weighted by Crippen LogP contribution is 2.31. The molecule has 2 heterocycles. The normalized spacial score (nSPS) is 17.2. The van der Waals surface area contributed by atoms with Crippen molar-refractivity contribution in [3.63, 3.8) is 0 Å². The second kappa shape index (κ2) is 6.25. The second-order valence-corrected chi connectivity index (χ2v) is 5.37. The number of carbonyl (C=O) groups excluding carboxylic acids is 2. The summed E-state index contributed by atoms with van der Waals surface area (Å²) in [5.41, 5.74) is 1.17. The monoisotopic (exact) mass is 336 g/mol. The van der Waals surface area contributed by atoms with Gasteiger partial charge in [0.2, 0.25) is 5.91 Å². The first-order chi connectivity index (χ1) is 11.0. The molecule has 1 aliphatic heterocycles. The predicted molar refractivity (Wildman–Crippen MR) is 81.0 cm³/mol. The Labute approximate surface area is 136 Å². The lowest BCUT2D eigenvalue weighted by atomic mass is 10.2. The van der Waals surface area contributed by atoms with E-state index in [1.165, 1.54) is 18.2 Å². The van der Waals surface area contributed by atoms with Gasteiger partial charge in [0.15, 0.2) is 6.33 Å². The molecule has 0 bridgehead atoms. The summed E-state index contributed by atoms with van der Waals surface area (Å²) in [4.78, 5) is 28.3. The number of carbonyl (C=O) groups is 2. The van der Waals surface area contributed by atoms with Gasteiger partial charge in [-0.15, -0.1) is 0 Å². The van der Waals surface area contributed by atoms with Crippen LogP contribution in [0, 0.1) is 0 Å². The summed E-state index contributed by atoms with van der Waals surface area (Å²) in [5, 5.41) is 6.53. The number of nitrogens with one attached hydrogen (secondary N) is 1. The van der Waals surface area contributed by atoms with Crippen LogP contribution < -0.4 is 10.2 Å². The number of halogens is 1. The van der Waals surface area contributed by atoms with Crippen LogP contribution in [0.15, 0.2) is 29.0 Å². The molecule has 8 nitrogen and oxygen atoms in total. The molecule has 0 saturated carbocycles. The zero-order valence-corrected chi connectivity index (χ0v) is 12.9. The molecule has 1 unspecified atom stereocenters. The van der Waals surface area contributed by atoms with E-state index in [1.807, 2.05) is 0 Å². The van der Waals surface area contributed by atoms with E-state index in [4.69, 9.17) is 20.9 Å². The highest BCUT2D eigenvalue weighted by Gasteiger charge is 2.32. The van der Waals surface area contributed by atoms with Crippen molar-refractivity contribution in [2.24, 2.45) is 0 Å². The van der Waals surface area contributed by atoms with Gasteiger partial charge in [-0.1, -0.05) is 16.8 Å². The second-order valence-electron chi connectivity index (χ2n) is 4.96. The molecule has 2 amide bonds. The maximum Gasteiger partial charge on any atom is 0.414 e. The Morgan fingerprint density at radius 2 is 2.35 bits per heavy atom. The maximum absolute atomic E-state index is 12.0. The van der Waals surface area contributed by atoms with Crippen molar-refractivity contribution in [3.8, 4) is 11.5 Å². The molecule has 1 atom stereocenters. The molecule has 1 N–H and O–H groups in total. The Hall–Kier alpha value is -2.61. The van der Waals surface area contributed by atoms with Gasteiger partial charge in [0.05, 0.1) is 23.7 Å². The molecule has 1 aromatic heterocycles. The SMILES string of the molecule is CC(=O)NCC1CN(c2ccc(-c3ncno3)c(Cl)c2)C(=O)O1. The van der Waals surface area contributed by atoms with Crippen LogP contribution in [0.5, 0.6) is 0 Å². The standard InChI is InChI=1S/C14H13ClN4O4/c1-8(20)16-5-10-6-19(14(21)22-10)9-2-3-11(12(15)4-9)13-17-7-18-23-13/h2-4,7,10H,5-6H2,1H3,(H,16,20). The molecular formula is C14H13ClN4O4. The molecule has 1 aromatic carbocycles. The maximum atomic E-state index is 12.0. The number of benzene rings is 1. The average Bonchev–Trinajstić information content (AvgIpc) is 3.14. The number of hydrogen-bond donors (Lipinski definition) is 1. The number of rotatable bonds is 4. The Morgan fingerprint density at radius 1 is 1.52 bits per heavy atom. The van der Waals surface area contributed by atoms with Gasteiger partial charge in [-0.25, -0.2) is 4.79 Å². The molecule has 9 heteroatoms. The van der Waals surface area contributed by atoms with Crippen LogP contribution in [0.2, 0.25) is 5.02 Å². The fourth-order valence-electron chi connectivity index (χ4n) is 2.23. The van der Waals surface area contributed by atoms with Gasteiger partial charge in [0, 0.05) is 12.6 Å². The average molecular weight is 337 g/mol. The summed E-state index contributed by atoms with van der Waals surface area (Å²) in [5.74, 6) is 0.125. The zero-order chi connectivity index (χ0) is 16.4. The van der Waals surface area contributed by atoms with Crippen LogP contribution in [-0.4, -0.2) is 41.3 Å². The summed E-state index contributed by atoms with van der Waals surface area (Å²) in [7, 11) is 0. The van der Waals surface area contributed by atoms with E-state index in [9.17, 15) is 9.59 Å². The topological polar surface area (TPSA) is 97.6 Å². The van der Waals surface area contributed by atoms with Crippen molar-refractivity contribution < 1.29 is 18.8 Å². The van der Waals surface area contributed by atoms with Crippen LogP contribution in [0.1, 0.15) is 6.92 Å². The van der Waals surface area contributed by atoms with Crippen molar-refractivity contribution in [1.82, 2.24) is 15.5 Å². The van der Waals surface area contributed by atoms with Crippen LogP contribution in [0.4, 0.5) is 10.5 Å². The third kappa shape index (κ3) is 3.26. The molecule has 23 heavy (non-hydrogen) atoms. The van der Waals surface area contributed by atoms with Crippen LogP contribution in [0.3, 0.4) is 0 Å². The van der Waals surface area contributed by atoms with E-state index in [0.717, 1.165) is 0 Å². The first-order valence-corrected chi connectivity index (χ1v) is 7.21. The number of aromatic nitrogens is 2. The number of hydrogen-bond acceptors (Lipinski definition) is 6. The minimum absolute atomic E-state index is 0.175. The third-order valence-electron chi connectivity index (χ3n) is 3.31. The molecule has 0 aliphatic carbocycles. The fraction of sp³-hybridized carbons (Fsp3) is 0.286. The Kier molecular flexibility index (Phi) is 4.16. The molecule has 1 fully saturated rings. The quantitative estimate of drug-likeness (QED) is 0.915. The van der Waals surface area contributed by atoms with Gasteiger partial charge in [0.1, 0.15) is 6.10 Å². The highest BCUT2D eigenvalue weighted by molar-refractivity contribution is 6.33. The molecule has 3 rings (SSSR count). The van der Waals surface area contributed by atoms with E-state index in [2.05, 4.69) is 15.5 Å². The Morgan fingerprint density at radius 3 is 3.00 bits per heavy atom. The van der Waals surface area contributed by atoms with Crippen LogP contribution >= 0.6 is 11.6 Å². The smallest absolute Gasteiger partial charge is 0.414 e. The summed E-state index contributed by atoms with van der Waals surface area (Å²) >= 11 is 6.22. The lowest BCUT2D eigenvalue weighted by Crippen LogP contribution is -2.33. The first kappa shape index (κ1) is 15.3. The van der Waals surface area contributed by atoms with E-state index in [-0.39, 0.29) is 12.5 Å². The van der Waals surface area contributed by atoms with Gasteiger partial charge in [0.25, 0.3) is 5.89 Å². The molecule has 2 aromatic rings. The molecule has 1 aliphatic rings. The third-order valence-corrected chi connectivity index (χ3v) is 3.62. The summed E-state index contributed by atoms with van der Waals surface area (Å²) in [6.45, 7) is 2.01. The van der Waals surface area contributed by atoms with Crippen molar-refractivity contribution in [2.45, 2.75) is 13.0 Å². The number of cyclic esters (lactones) is 1. The van der Waals surface area contributed by atoms with Gasteiger partial charge in [-0.2, -0.15) is 4.98 Å². The number of amides is 2. The minimum atomic E-state index is -0.484. The van der Waals surface area contributed by atoms with Crippen molar-refractivity contribution in [2.75, 3.05) is 18.0 Å². The Bertz CT molecular complexity index is 734. The largest absolute Gasteiger partial charge is 0.442 e. The molecule has 0 radical (unpaired) electrons. The summed E-state index contributed by atoms with van der Waals surface area (Å²) in [6, 6.07) is 5.04. The van der Waals surface area contributed by atoms with Gasteiger partial charge < -0.3 is 14.6 Å². The molecule has 0 spiro atoms. The van der Waals surface area contributed by atoms with Gasteiger partial charge in [-0.3, -0.25) is 9.69 Å². The van der Waals surface area contributed by atoms with E-state index >= 15 is 0 Å². The first-order valence-electron chi connectivity index (χ1n) is 6.84. The lowest BCUT2D eigenvalue weighted by molar-refractivity contribution is -0.119. The van der Waals surface area contributed by atoms with Crippen molar-refractivity contribution >= 4 is 29.3 Å². The van der Waals surface area contributed by atoms with Gasteiger partial charge in [-0.05, 0) is 18.2 Å². The summed E-state index contributed by atoms with van der Waals surface area (Å²) < 4.78 is 10.2. The van der Waals surface area contributed by atoms with E-state index < -0.39 is 12.2 Å². The summed E-state index contributed by atoms with van der Waals surface area (Å²) in [6.07, 6.45) is 0.395. The lowest BCUT2D eigenvalue weighted by Gasteiger charge is -2.14. The number of nitrogens with zero attached hydrogens (tertiary/aromatic N) is 3. The van der Waals surface area contributed by atoms with Crippen molar-refractivity contribution in [1.29, 1.82) is 0 Å². The zero-order valence-electron chi connectivity index (χ0n) is 12.2. The van der Waals surface area contributed by atoms with Gasteiger partial charge >= 0.3 is 6.09 Å². The fourth-order valence-corrected chi connectivity index (χ4v) is 2.49. The van der Waals surface area contributed by atoms with E-state index in [1.54, 1.807) is 18.2 Å².